The lowest BCUT2D eigenvalue weighted by Gasteiger charge is -2.60. The van der Waals surface area contributed by atoms with E-state index in [0.717, 1.165) is 12.8 Å². The Labute approximate surface area is 103 Å². The first kappa shape index (κ1) is 12.7. The number of aliphatic hydroxyl groups excluding tert-OH is 1. The molecule has 4 heteroatoms. The van der Waals surface area contributed by atoms with Crippen molar-refractivity contribution in [1.82, 2.24) is 5.32 Å². The van der Waals surface area contributed by atoms with Crippen molar-refractivity contribution < 1.29 is 14.6 Å². The van der Waals surface area contributed by atoms with Crippen LogP contribution >= 0.6 is 0 Å². The Morgan fingerprint density at radius 2 is 1.94 bits per heavy atom. The van der Waals surface area contributed by atoms with E-state index in [1.54, 1.807) is 0 Å². The fourth-order valence-electron chi connectivity index (χ4n) is 3.17. The molecule has 0 unspecified atom stereocenters. The molecule has 2 fully saturated rings. The van der Waals surface area contributed by atoms with E-state index in [1.165, 1.54) is 19.3 Å². The average Bonchev–Trinajstić information content (AvgIpc) is 2.04. The van der Waals surface area contributed by atoms with E-state index in [9.17, 15) is 9.90 Å². The average molecular weight is 241 g/mol. The summed E-state index contributed by atoms with van der Waals surface area (Å²) in [6.45, 7) is 5.53. The van der Waals surface area contributed by atoms with Crippen molar-refractivity contribution >= 4 is 6.09 Å². The van der Waals surface area contributed by atoms with E-state index < -0.39 is 17.2 Å². The van der Waals surface area contributed by atoms with Crippen LogP contribution in [0.3, 0.4) is 0 Å². The summed E-state index contributed by atoms with van der Waals surface area (Å²) in [5.74, 6) is 0. The molecule has 0 bridgehead atoms. The number of carbonyl (C=O) groups is 1. The van der Waals surface area contributed by atoms with E-state index in [0.29, 0.717) is 5.41 Å². The van der Waals surface area contributed by atoms with E-state index in [-0.39, 0.29) is 6.61 Å². The molecule has 1 spiro atoms. The zero-order valence-electron chi connectivity index (χ0n) is 11.0. The second-order valence-corrected chi connectivity index (χ2v) is 6.77. The molecule has 4 nitrogen and oxygen atoms in total. The van der Waals surface area contributed by atoms with Crippen molar-refractivity contribution in [1.29, 1.82) is 0 Å². The number of carbonyl (C=O) groups excluding carboxylic acids is 1. The van der Waals surface area contributed by atoms with Crippen LogP contribution in [0.2, 0.25) is 0 Å². The number of hydrogen-bond donors (Lipinski definition) is 2. The number of hydrogen-bond acceptors (Lipinski definition) is 3. The van der Waals surface area contributed by atoms with Gasteiger partial charge in [-0.2, -0.15) is 0 Å². The van der Waals surface area contributed by atoms with Crippen molar-refractivity contribution in [2.24, 2.45) is 5.41 Å². The number of amides is 1. The maximum absolute atomic E-state index is 11.7. The third-order valence-electron chi connectivity index (χ3n) is 3.91. The Morgan fingerprint density at radius 3 is 2.29 bits per heavy atom. The molecule has 0 aromatic heterocycles. The van der Waals surface area contributed by atoms with Gasteiger partial charge in [-0.15, -0.1) is 0 Å². The zero-order chi connectivity index (χ0) is 12.7. The lowest BCUT2D eigenvalue weighted by atomic mass is 9.48. The van der Waals surface area contributed by atoms with Crippen LogP contribution in [0.4, 0.5) is 4.79 Å². The Kier molecular flexibility index (Phi) is 2.89. The third kappa shape index (κ3) is 2.57. The van der Waals surface area contributed by atoms with Gasteiger partial charge in [-0.1, -0.05) is 6.42 Å². The van der Waals surface area contributed by atoms with Gasteiger partial charge < -0.3 is 15.2 Å². The number of rotatable bonds is 2. The van der Waals surface area contributed by atoms with E-state index in [4.69, 9.17) is 4.74 Å². The molecule has 17 heavy (non-hydrogen) atoms. The Balaban J connectivity index is 1.86. The van der Waals surface area contributed by atoms with Gasteiger partial charge in [0.05, 0.1) is 12.1 Å². The molecule has 0 aliphatic heterocycles. The summed E-state index contributed by atoms with van der Waals surface area (Å²) in [6.07, 6.45) is 5.15. The minimum absolute atomic E-state index is 0.00793. The van der Waals surface area contributed by atoms with Gasteiger partial charge in [0, 0.05) is 0 Å². The SMILES string of the molecule is CC(C)(C)OC(=O)NC1(CO)CC2(CCC2)C1. The molecular weight excluding hydrogens is 218 g/mol. The predicted molar refractivity (Wildman–Crippen MR) is 64.7 cm³/mol. The fraction of sp³-hybridized carbons (Fsp3) is 0.923. The quantitative estimate of drug-likeness (QED) is 0.779. The van der Waals surface area contributed by atoms with Gasteiger partial charge in [0.1, 0.15) is 5.60 Å². The predicted octanol–water partition coefficient (Wildman–Crippen LogP) is 2.21. The summed E-state index contributed by atoms with van der Waals surface area (Å²) in [5.41, 5.74) is -0.501. The van der Waals surface area contributed by atoms with Gasteiger partial charge >= 0.3 is 6.09 Å². The topological polar surface area (TPSA) is 58.6 Å². The summed E-state index contributed by atoms with van der Waals surface area (Å²) in [6, 6.07) is 0. The second kappa shape index (κ2) is 3.87. The molecule has 1 amide bonds. The maximum Gasteiger partial charge on any atom is 0.408 e. The van der Waals surface area contributed by atoms with Crippen LogP contribution in [-0.2, 0) is 4.74 Å². The number of alkyl carbamates (subject to hydrolysis) is 1. The molecule has 2 aliphatic rings. The number of aliphatic hydroxyl groups is 1. The molecule has 0 aromatic rings. The Morgan fingerprint density at radius 1 is 1.35 bits per heavy atom. The first-order chi connectivity index (χ1) is 7.78. The van der Waals surface area contributed by atoms with Crippen LogP contribution in [-0.4, -0.2) is 28.9 Å². The second-order valence-electron chi connectivity index (χ2n) is 6.77. The van der Waals surface area contributed by atoms with Gasteiger partial charge in [-0.25, -0.2) is 4.79 Å². The monoisotopic (exact) mass is 241 g/mol. The molecule has 0 heterocycles. The molecular formula is C13H23NO3. The van der Waals surface area contributed by atoms with E-state index in [2.05, 4.69) is 5.32 Å². The molecule has 0 atom stereocenters. The molecule has 0 radical (unpaired) electrons. The van der Waals surface area contributed by atoms with Crippen molar-refractivity contribution in [3.8, 4) is 0 Å². The number of ether oxygens (including phenoxy) is 1. The molecule has 2 rings (SSSR count). The maximum atomic E-state index is 11.7. The highest BCUT2D eigenvalue weighted by Gasteiger charge is 2.57. The van der Waals surface area contributed by atoms with Crippen LogP contribution in [0.5, 0.6) is 0 Å². The van der Waals surface area contributed by atoms with Gasteiger partial charge in [-0.05, 0) is 51.9 Å². The minimum Gasteiger partial charge on any atom is -0.444 e. The highest BCUT2D eigenvalue weighted by Crippen LogP contribution is 2.60. The van der Waals surface area contributed by atoms with Crippen LogP contribution in [0, 0.1) is 5.41 Å². The third-order valence-corrected chi connectivity index (χ3v) is 3.91. The number of nitrogens with one attached hydrogen (secondary N) is 1. The molecule has 98 valence electrons. The van der Waals surface area contributed by atoms with Gasteiger partial charge in [-0.3, -0.25) is 0 Å². The summed E-state index contributed by atoms with van der Waals surface area (Å²) in [4.78, 5) is 11.7. The molecule has 2 N–H and O–H groups in total. The van der Waals surface area contributed by atoms with Gasteiger partial charge in [0.2, 0.25) is 0 Å². The molecule has 2 aliphatic carbocycles. The lowest BCUT2D eigenvalue weighted by molar-refractivity contribution is -0.0849. The van der Waals surface area contributed by atoms with Crippen LogP contribution in [0.15, 0.2) is 0 Å². The first-order valence-electron chi connectivity index (χ1n) is 6.40. The smallest absolute Gasteiger partial charge is 0.408 e. The molecule has 2 saturated carbocycles. The molecule has 0 aromatic carbocycles. The summed E-state index contributed by atoms with van der Waals surface area (Å²) in [5, 5.41) is 12.3. The van der Waals surface area contributed by atoms with Crippen molar-refractivity contribution in [3.05, 3.63) is 0 Å². The zero-order valence-corrected chi connectivity index (χ0v) is 11.0. The van der Waals surface area contributed by atoms with Crippen LogP contribution < -0.4 is 5.32 Å². The van der Waals surface area contributed by atoms with Crippen molar-refractivity contribution in [2.45, 2.75) is 64.0 Å². The highest BCUT2D eigenvalue weighted by molar-refractivity contribution is 5.69. The van der Waals surface area contributed by atoms with E-state index in [1.807, 2.05) is 20.8 Å². The van der Waals surface area contributed by atoms with Gasteiger partial charge in [0.25, 0.3) is 0 Å². The minimum atomic E-state index is -0.487. The highest BCUT2D eigenvalue weighted by atomic mass is 16.6. The summed E-state index contributed by atoms with van der Waals surface area (Å²) < 4.78 is 5.23. The van der Waals surface area contributed by atoms with Crippen molar-refractivity contribution in [3.63, 3.8) is 0 Å². The van der Waals surface area contributed by atoms with Crippen LogP contribution in [0.1, 0.15) is 52.9 Å². The summed E-state index contributed by atoms with van der Waals surface area (Å²) in [7, 11) is 0. The first-order valence-corrected chi connectivity index (χ1v) is 6.40. The molecule has 0 saturated heterocycles. The lowest BCUT2D eigenvalue weighted by Crippen LogP contribution is -2.66. The fourth-order valence-corrected chi connectivity index (χ4v) is 3.17. The van der Waals surface area contributed by atoms with Crippen LogP contribution in [0.25, 0.3) is 0 Å². The summed E-state index contributed by atoms with van der Waals surface area (Å²) >= 11 is 0. The Hall–Kier alpha value is -0.770. The standard InChI is InChI=1S/C13H23NO3/c1-11(2,3)17-10(16)14-13(9-15)7-12(8-13)5-4-6-12/h15H,4-9H2,1-3H3,(H,14,16). The van der Waals surface area contributed by atoms with E-state index >= 15 is 0 Å². The largest absolute Gasteiger partial charge is 0.444 e. The van der Waals surface area contributed by atoms with Gasteiger partial charge in [0.15, 0.2) is 0 Å². The normalized spacial score (nSPS) is 24.7. The Bertz CT molecular complexity index is 307. The van der Waals surface area contributed by atoms with Crippen molar-refractivity contribution in [2.75, 3.05) is 6.61 Å².